The number of hydrogen-bond acceptors (Lipinski definition) is 6. The van der Waals surface area contributed by atoms with Gasteiger partial charge in [0.25, 0.3) is 5.56 Å². The van der Waals surface area contributed by atoms with E-state index in [9.17, 15) is 9.18 Å². The largest absolute Gasteiger partial charge is 0.493 e. The molecule has 0 radical (unpaired) electrons. The van der Waals surface area contributed by atoms with Crippen molar-refractivity contribution in [3.63, 3.8) is 0 Å². The Hall–Kier alpha value is -3.04. The van der Waals surface area contributed by atoms with Crippen LogP contribution >= 0.6 is 27.3 Å². The number of thiophene rings is 1. The summed E-state index contributed by atoms with van der Waals surface area (Å²) in [7, 11) is 1.53. The first-order valence-electron chi connectivity index (χ1n) is 10.8. The number of aryl methyl sites for hydroxylation is 2. The average Bonchev–Trinajstić information content (AvgIpc) is 3.23. The maximum atomic E-state index is 13.9. The molecule has 6 nitrogen and oxygen atoms in total. The first-order chi connectivity index (χ1) is 16.5. The van der Waals surface area contributed by atoms with Crippen molar-refractivity contribution in [3.8, 4) is 11.5 Å². The van der Waals surface area contributed by atoms with Crippen molar-refractivity contribution in [2.24, 2.45) is 5.10 Å². The second-order valence-electron chi connectivity index (χ2n) is 7.93. The predicted molar refractivity (Wildman–Crippen MR) is 135 cm³/mol. The minimum Gasteiger partial charge on any atom is -0.493 e. The second kappa shape index (κ2) is 9.68. The lowest BCUT2D eigenvalue weighted by Crippen LogP contribution is -2.18. The standard InChI is InChI=1S/C25H21BrFN3O3S/c1-32-20-10-16(18(26)11-21(20)33-13-15-6-2-4-8-19(15)27)12-29-30-14-28-24-23(25(30)31)17-7-3-5-9-22(17)34-24/h2,4,6,8,10-12,14H,3,5,7,9,13H2,1H3/b29-12-. The molecule has 2 heterocycles. The Bertz CT molecular complexity index is 1460. The molecule has 0 spiro atoms. The van der Waals surface area contributed by atoms with E-state index in [0.717, 1.165) is 36.1 Å². The minimum absolute atomic E-state index is 0.0644. The van der Waals surface area contributed by atoms with Crippen LogP contribution in [0.4, 0.5) is 4.39 Å². The topological polar surface area (TPSA) is 65.7 Å². The molecule has 0 amide bonds. The highest BCUT2D eigenvalue weighted by Gasteiger charge is 2.20. The van der Waals surface area contributed by atoms with Gasteiger partial charge in [-0.3, -0.25) is 4.79 Å². The lowest BCUT2D eigenvalue weighted by atomic mass is 9.97. The molecule has 1 aliphatic carbocycles. The van der Waals surface area contributed by atoms with Crippen LogP contribution in [0.5, 0.6) is 11.5 Å². The van der Waals surface area contributed by atoms with Crippen molar-refractivity contribution in [2.45, 2.75) is 32.3 Å². The van der Waals surface area contributed by atoms with Gasteiger partial charge in [-0.25, -0.2) is 9.37 Å². The number of fused-ring (bicyclic) bond motifs is 3. The lowest BCUT2D eigenvalue weighted by Gasteiger charge is -2.13. The predicted octanol–water partition coefficient (Wildman–Crippen LogP) is 5.71. The zero-order valence-corrected chi connectivity index (χ0v) is 20.8. The molecule has 5 rings (SSSR count). The zero-order valence-electron chi connectivity index (χ0n) is 18.4. The summed E-state index contributed by atoms with van der Waals surface area (Å²) in [5.41, 5.74) is 2.11. The number of halogens is 2. The number of benzene rings is 2. The molecule has 0 saturated carbocycles. The van der Waals surface area contributed by atoms with Crippen LogP contribution in [-0.4, -0.2) is 23.0 Å². The number of rotatable bonds is 6. The van der Waals surface area contributed by atoms with Gasteiger partial charge < -0.3 is 9.47 Å². The molecule has 1 aliphatic rings. The third-order valence-corrected chi connectivity index (χ3v) is 7.69. The number of hydrogen-bond donors (Lipinski definition) is 0. The van der Waals surface area contributed by atoms with Crippen LogP contribution in [0.2, 0.25) is 0 Å². The van der Waals surface area contributed by atoms with E-state index in [4.69, 9.17) is 9.47 Å². The molecule has 4 aromatic rings. The van der Waals surface area contributed by atoms with E-state index in [1.165, 1.54) is 29.1 Å². The fourth-order valence-corrected chi connectivity index (χ4v) is 5.68. The van der Waals surface area contributed by atoms with Crippen LogP contribution in [0, 0.1) is 5.82 Å². The Labute approximate surface area is 207 Å². The second-order valence-corrected chi connectivity index (χ2v) is 9.87. The maximum absolute atomic E-state index is 13.9. The molecule has 0 unspecified atom stereocenters. The summed E-state index contributed by atoms with van der Waals surface area (Å²) in [6, 6.07) is 9.94. The van der Waals surface area contributed by atoms with Crippen LogP contribution in [-0.2, 0) is 19.4 Å². The SMILES string of the molecule is COc1cc(/C=N\n2cnc3sc4c(c3c2=O)CCCC4)c(Br)cc1OCc1ccccc1F. The molecule has 0 atom stereocenters. The van der Waals surface area contributed by atoms with E-state index in [1.807, 2.05) is 0 Å². The summed E-state index contributed by atoms with van der Waals surface area (Å²) < 4.78 is 27.1. The van der Waals surface area contributed by atoms with E-state index in [0.29, 0.717) is 32.5 Å². The number of aromatic nitrogens is 2. The monoisotopic (exact) mass is 541 g/mol. The molecule has 0 aliphatic heterocycles. The van der Waals surface area contributed by atoms with Gasteiger partial charge >= 0.3 is 0 Å². The highest BCUT2D eigenvalue weighted by atomic mass is 79.9. The molecule has 174 valence electrons. The van der Waals surface area contributed by atoms with Crippen molar-refractivity contribution in [1.29, 1.82) is 0 Å². The minimum atomic E-state index is -0.327. The van der Waals surface area contributed by atoms with Crippen LogP contribution in [0.3, 0.4) is 0 Å². The summed E-state index contributed by atoms with van der Waals surface area (Å²) in [5, 5.41) is 5.06. The van der Waals surface area contributed by atoms with Crippen molar-refractivity contribution < 1.29 is 13.9 Å². The molecule has 34 heavy (non-hydrogen) atoms. The zero-order chi connectivity index (χ0) is 23.7. The van der Waals surface area contributed by atoms with Gasteiger partial charge in [-0.05, 0) is 65.4 Å². The lowest BCUT2D eigenvalue weighted by molar-refractivity contribution is 0.279. The first kappa shape index (κ1) is 22.7. The van der Waals surface area contributed by atoms with E-state index in [-0.39, 0.29) is 18.0 Å². The normalized spacial score (nSPS) is 13.4. The molecule has 0 N–H and O–H groups in total. The van der Waals surface area contributed by atoms with Crippen molar-refractivity contribution in [2.75, 3.05) is 7.11 Å². The summed E-state index contributed by atoms with van der Waals surface area (Å²) in [6.45, 7) is 0.0644. The van der Waals surface area contributed by atoms with Gasteiger partial charge in [0.2, 0.25) is 0 Å². The molecular formula is C25H21BrFN3O3S. The number of nitrogens with zero attached hydrogens (tertiary/aromatic N) is 3. The van der Waals surface area contributed by atoms with Gasteiger partial charge in [0.05, 0.1) is 18.7 Å². The smallest absolute Gasteiger partial charge is 0.282 e. The highest BCUT2D eigenvalue weighted by Crippen LogP contribution is 2.34. The fraction of sp³-hybridized carbons (Fsp3) is 0.240. The highest BCUT2D eigenvalue weighted by molar-refractivity contribution is 9.10. The Balaban J connectivity index is 1.42. The molecule has 0 saturated heterocycles. The van der Waals surface area contributed by atoms with Gasteiger partial charge in [-0.15, -0.1) is 11.3 Å². The molecule has 2 aromatic heterocycles. The molecule has 9 heteroatoms. The van der Waals surface area contributed by atoms with Crippen LogP contribution in [0.15, 0.2) is 57.1 Å². The van der Waals surface area contributed by atoms with Gasteiger partial charge in [0.15, 0.2) is 11.5 Å². The molecule has 0 bridgehead atoms. The van der Waals surface area contributed by atoms with Crippen molar-refractivity contribution in [1.82, 2.24) is 9.66 Å². The van der Waals surface area contributed by atoms with E-state index in [1.54, 1.807) is 47.9 Å². The quantitative estimate of drug-likeness (QED) is 0.293. The Kier molecular flexibility index (Phi) is 6.47. The fourth-order valence-electron chi connectivity index (χ4n) is 4.04. The number of methoxy groups -OCH3 is 1. The molecular weight excluding hydrogens is 521 g/mol. The summed E-state index contributed by atoms with van der Waals surface area (Å²) in [5.74, 6) is 0.598. The van der Waals surface area contributed by atoms with E-state index < -0.39 is 0 Å². The Morgan fingerprint density at radius 2 is 2.06 bits per heavy atom. The van der Waals surface area contributed by atoms with Gasteiger partial charge in [-0.1, -0.05) is 18.2 Å². The summed E-state index contributed by atoms with van der Waals surface area (Å²) in [4.78, 5) is 19.6. The van der Waals surface area contributed by atoms with Crippen molar-refractivity contribution >= 4 is 43.7 Å². The summed E-state index contributed by atoms with van der Waals surface area (Å²) in [6.07, 6.45) is 7.20. The van der Waals surface area contributed by atoms with Gasteiger partial charge in [0.1, 0.15) is 23.6 Å². The van der Waals surface area contributed by atoms with E-state index >= 15 is 0 Å². The summed E-state index contributed by atoms with van der Waals surface area (Å²) >= 11 is 5.14. The Morgan fingerprint density at radius 3 is 2.88 bits per heavy atom. The van der Waals surface area contributed by atoms with Crippen LogP contribution in [0.1, 0.15) is 34.4 Å². The third kappa shape index (κ3) is 4.37. The maximum Gasteiger partial charge on any atom is 0.282 e. The Morgan fingerprint density at radius 1 is 1.24 bits per heavy atom. The van der Waals surface area contributed by atoms with E-state index in [2.05, 4.69) is 26.0 Å². The average molecular weight is 542 g/mol. The first-order valence-corrected chi connectivity index (χ1v) is 12.5. The van der Waals surface area contributed by atoms with Crippen molar-refractivity contribution in [3.05, 3.63) is 84.9 Å². The molecule has 2 aromatic carbocycles. The third-order valence-electron chi connectivity index (χ3n) is 5.80. The molecule has 0 fully saturated rings. The van der Waals surface area contributed by atoms with Crippen LogP contribution < -0.4 is 15.0 Å². The van der Waals surface area contributed by atoms with Gasteiger partial charge in [-0.2, -0.15) is 9.78 Å². The van der Waals surface area contributed by atoms with Crippen LogP contribution in [0.25, 0.3) is 10.2 Å². The number of ether oxygens (including phenoxy) is 2. The van der Waals surface area contributed by atoms with Gasteiger partial charge in [0, 0.05) is 20.5 Å².